The van der Waals surface area contributed by atoms with E-state index in [0.29, 0.717) is 12.4 Å². The lowest BCUT2D eigenvalue weighted by Crippen LogP contribution is -2.19. The predicted octanol–water partition coefficient (Wildman–Crippen LogP) is 7.03. The number of ether oxygens (including phenoxy) is 1. The minimum atomic E-state index is -0.196. The Hall–Kier alpha value is -3.20. The van der Waals surface area contributed by atoms with Crippen molar-refractivity contribution in [1.29, 1.82) is 0 Å². The zero-order valence-electron chi connectivity index (χ0n) is 18.5. The van der Waals surface area contributed by atoms with Gasteiger partial charge in [-0.15, -0.1) is 11.3 Å². The van der Waals surface area contributed by atoms with Crippen LogP contribution in [0, 0.1) is 0 Å². The Morgan fingerprint density at radius 2 is 1.89 bits per heavy atom. The van der Waals surface area contributed by atoms with Gasteiger partial charge in [-0.3, -0.25) is 4.79 Å². The van der Waals surface area contributed by atoms with E-state index in [-0.39, 0.29) is 11.7 Å². The maximum absolute atomic E-state index is 12.3. The number of benzene rings is 4. The molecule has 1 N–H and O–H groups in total. The number of thiazole rings is 1. The topological polar surface area (TPSA) is 63.6 Å². The van der Waals surface area contributed by atoms with Crippen LogP contribution in [0.15, 0.2) is 98.8 Å². The van der Waals surface area contributed by atoms with Crippen molar-refractivity contribution in [2.75, 3.05) is 5.75 Å². The molecule has 0 atom stereocenters. The third kappa shape index (κ3) is 5.90. The van der Waals surface area contributed by atoms with Gasteiger partial charge in [0.25, 0.3) is 5.91 Å². The molecule has 5 nitrogen and oxygen atoms in total. The van der Waals surface area contributed by atoms with Gasteiger partial charge < -0.3 is 4.74 Å². The van der Waals surface area contributed by atoms with Crippen LogP contribution >= 0.6 is 39.0 Å². The summed E-state index contributed by atoms with van der Waals surface area (Å²) in [6, 6.07) is 28.1. The summed E-state index contributed by atoms with van der Waals surface area (Å²) in [5.74, 6) is 0.724. The van der Waals surface area contributed by atoms with Crippen molar-refractivity contribution in [3.8, 4) is 5.75 Å². The van der Waals surface area contributed by atoms with Gasteiger partial charge in [0, 0.05) is 10.0 Å². The van der Waals surface area contributed by atoms with Crippen molar-refractivity contribution < 1.29 is 9.53 Å². The lowest BCUT2D eigenvalue weighted by molar-refractivity contribution is -0.118. The second kappa shape index (κ2) is 11.0. The van der Waals surface area contributed by atoms with E-state index < -0.39 is 0 Å². The molecule has 0 unspecified atom stereocenters. The van der Waals surface area contributed by atoms with Crippen LogP contribution in [0.1, 0.15) is 11.1 Å². The van der Waals surface area contributed by atoms with Crippen LogP contribution in [0.3, 0.4) is 0 Å². The SMILES string of the molecule is O=C(CSc1nc2ccccc2s1)N/N=C\c1cc(Br)ccc1OCc1cccc2ccccc12. The third-order valence-corrected chi connectivity index (χ3v) is 7.90. The second-order valence-electron chi connectivity index (χ2n) is 7.64. The lowest BCUT2D eigenvalue weighted by atomic mass is 10.1. The monoisotopic (exact) mass is 561 g/mol. The Morgan fingerprint density at radius 1 is 1.06 bits per heavy atom. The molecule has 35 heavy (non-hydrogen) atoms. The molecule has 0 aliphatic heterocycles. The molecule has 0 fully saturated rings. The quantitative estimate of drug-likeness (QED) is 0.125. The minimum Gasteiger partial charge on any atom is -0.488 e. The van der Waals surface area contributed by atoms with E-state index in [1.54, 1.807) is 17.6 Å². The van der Waals surface area contributed by atoms with Crippen LogP contribution in [-0.4, -0.2) is 22.9 Å². The second-order valence-corrected chi connectivity index (χ2v) is 10.8. The molecule has 0 aliphatic carbocycles. The van der Waals surface area contributed by atoms with Crippen molar-refractivity contribution in [3.63, 3.8) is 0 Å². The maximum atomic E-state index is 12.3. The van der Waals surface area contributed by atoms with Gasteiger partial charge in [0.15, 0.2) is 4.34 Å². The van der Waals surface area contributed by atoms with Gasteiger partial charge in [0.2, 0.25) is 0 Å². The maximum Gasteiger partial charge on any atom is 0.250 e. The first-order chi connectivity index (χ1) is 17.2. The van der Waals surface area contributed by atoms with Crippen LogP contribution in [0.4, 0.5) is 0 Å². The number of hydrogen-bond acceptors (Lipinski definition) is 6. The molecule has 0 spiro atoms. The summed E-state index contributed by atoms with van der Waals surface area (Å²) in [5, 5.41) is 6.49. The van der Waals surface area contributed by atoms with E-state index >= 15 is 0 Å². The van der Waals surface area contributed by atoms with Crippen molar-refractivity contribution in [2.45, 2.75) is 10.9 Å². The first-order valence-electron chi connectivity index (χ1n) is 10.8. The van der Waals surface area contributed by atoms with Crippen molar-refractivity contribution in [1.82, 2.24) is 10.4 Å². The van der Waals surface area contributed by atoms with E-state index in [2.05, 4.69) is 55.7 Å². The molecule has 0 radical (unpaired) electrons. The molecule has 0 aliphatic rings. The standard InChI is InChI=1S/C27H20BrN3O2S2/c28-21-12-13-24(33-16-19-8-5-7-18-6-1-2-9-22(18)19)20(14-21)15-29-31-26(32)17-34-27-30-23-10-3-4-11-25(23)35-27/h1-15H,16-17H2,(H,31,32)/b29-15-. The fourth-order valence-electron chi connectivity index (χ4n) is 3.57. The number of halogens is 1. The molecule has 1 heterocycles. The number of carbonyl (C=O) groups excluding carboxylic acids is 1. The van der Waals surface area contributed by atoms with Crippen LogP contribution < -0.4 is 10.2 Å². The Bertz CT molecular complexity index is 1500. The number of para-hydroxylation sites is 1. The van der Waals surface area contributed by atoms with Gasteiger partial charge in [-0.25, -0.2) is 10.4 Å². The summed E-state index contributed by atoms with van der Waals surface area (Å²) in [4.78, 5) is 16.8. The number of nitrogens with zero attached hydrogens (tertiary/aromatic N) is 2. The molecule has 0 saturated carbocycles. The lowest BCUT2D eigenvalue weighted by Gasteiger charge is -2.11. The summed E-state index contributed by atoms with van der Waals surface area (Å²) >= 11 is 6.48. The summed E-state index contributed by atoms with van der Waals surface area (Å²) in [5.41, 5.74) is 5.41. The highest BCUT2D eigenvalue weighted by Gasteiger charge is 2.08. The van der Waals surface area contributed by atoms with E-state index in [9.17, 15) is 4.79 Å². The van der Waals surface area contributed by atoms with E-state index in [0.717, 1.165) is 30.2 Å². The molecular weight excluding hydrogens is 542 g/mol. The van der Waals surface area contributed by atoms with Crippen molar-refractivity contribution in [3.05, 3.63) is 101 Å². The number of carbonyl (C=O) groups is 1. The number of amides is 1. The zero-order valence-corrected chi connectivity index (χ0v) is 21.7. The third-order valence-electron chi connectivity index (χ3n) is 5.23. The highest BCUT2D eigenvalue weighted by Crippen LogP contribution is 2.29. The van der Waals surface area contributed by atoms with Gasteiger partial charge in [-0.1, -0.05) is 82.3 Å². The van der Waals surface area contributed by atoms with Gasteiger partial charge in [-0.05, 0) is 46.7 Å². The van der Waals surface area contributed by atoms with Gasteiger partial charge in [0.1, 0.15) is 12.4 Å². The predicted molar refractivity (Wildman–Crippen MR) is 149 cm³/mol. The zero-order chi connectivity index (χ0) is 24.0. The minimum absolute atomic E-state index is 0.196. The molecule has 8 heteroatoms. The fourth-order valence-corrected chi connectivity index (χ4v) is 5.81. The average molecular weight is 563 g/mol. The average Bonchev–Trinajstić information content (AvgIpc) is 3.30. The number of hydrazone groups is 1. The molecule has 0 bridgehead atoms. The highest BCUT2D eigenvalue weighted by molar-refractivity contribution is 9.10. The van der Waals surface area contributed by atoms with E-state index in [1.807, 2.05) is 60.7 Å². The largest absolute Gasteiger partial charge is 0.488 e. The molecule has 1 aromatic heterocycles. The Morgan fingerprint density at radius 3 is 2.80 bits per heavy atom. The van der Waals surface area contributed by atoms with Crippen molar-refractivity contribution >= 4 is 72.1 Å². The van der Waals surface area contributed by atoms with Crippen LogP contribution in [0.25, 0.3) is 21.0 Å². The van der Waals surface area contributed by atoms with Crippen LogP contribution in [0.5, 0.6) is 5.75 Å². The first kappa shape index (κ1) is 23.5. The van der Waals surface area contributed by atoms with Gasteiger partial charge in [-0.2, -0.15) is 5.10 Å². The molecule has 174 valence electrons. The molecule has 5 aromatic rings. The number of fused-ring (bicyclic) bond motifs is 2. The number of thioether (sulfide) groups is 1. The number of hydrogen-bond donors (Lipinski definition) is 1. The smallest absolute Gasteiger partial charge is 0.250 e. The normalized spacial score (nSPS) is 11.3. The Labute approximate surface area is 219 Å². The summed E-state index contributed by atoms with van der Waals surface area (Å²) in [6.45, 7) is 0.426. The van der Waals surface area contributed by atoms with Crippen molar-refractivity contribution in [2.24, 2.45) is 5.10 Å². The summed E-state index contributed by atoms with van der Waals surface area (Å²) < 4.78 is 9.01. The molecule has 1 amide bonds. The van der Waals surface area contributed by atoms with E-state index in [1.165, 1.54) is 22.5 Å². The number of rotatable bonds is 8. The first-order valence-corrected chi connectivity index (χ1v) is 13.4. The fraction of sp³-hybridized carbons (Fsp3) is 0.0741. The van der Waals surface area contributed by atoms with Gasteiger partial charge in [0.05, 0.1) is 22.2 Å². The Kier molecular flexibility index (Phi) is 7.42. The van der Waals surface area contributed by atoms with Crippen LogP contribution in [-0.2, 0) is 11.4 Å². The number of nitrogens with one attached hydrogen (secondary N) is 1. The van der Waals surface area contributed by atoms with Crippen LogP contribution in [0.2, 0.25) is 0 Å². The Balaban J connectivity index is 1.21. The van der Waals surface area contributed by atoms with E-state index in [4.69, 9.17) is 4.74 Å². The molecule has 0 saturated heterocycles. The molecular formula is C27H20BrN3O2S2. The number of aromatic nitrogens is 1. The summed E-state index contributed by atoms with van der Waals surface area (Å²) in [6.07, 6.45) is 1.60. The molecule has 5 rings (SSSR count). The highest BCUT2D eigenvalue weighted by atomic mass is 79.9. The molecule has 4 aromatic carbocycles. The van der Waals surface area contributed by atoms with Gasteiger partial charge >= 0.3 is 0 Å². The summed E-state index contributed by atoms with van der Waals surface area (Å²) in [7, 11) is 0.